The van der Waals surface area contributed by atoms with Gasteiger partial charge >= 0.3 is 0 Å². The number of aliphatic imine (C=N–C) groups is 1. The molecule has 1 heterocycles. The van der Waals surface area contributed by atoms with Gasteiger partial charge in [-0.25, -0.2) is 9.38 Å². The van der Waals surface area contributed by atoms with Gasteiger partial charge in [-0.2, -0.15) is 0 Å². The molecule has 3 rings (SSSR count). The first-order valence-corrected chi connectivity index (χ1v) is 7.66. The van der Waals surface area contributed by atoms with Crippen LogP contribution >= 0.6 is 0 Å². The Morgan fingerprint density at radius 1 is 1.19 bits per heavy atom. The van der Waals surface area contributed by atoms with Crippen molar-refractivity contribution in [1.29, 1.82) is 0 Å². The average Bonchev–Trinajstić information content (AvgIpc) is 2.92. The van der Waals surface area contributed by atoms with Gasteiger partial charge in [0.2, 0.25) is 0 Å². The Kier molecular flexibility index (Phi) is 4.23. The summed E-state index contributed by atoms with van der Waals surface area (Å²) in [6, 6.07) is 7.50. The van der Waals surface area contributed by atoms with Crippen LogP contribution in [0.25, 0.3) is 0 Å². The molecule has 0 amide bonds. The van der Waals surface area contributed by atoms with Crippen molar-refractivity contribution < 1.29 is 9.13 Å². The molecule has 0 spiro atoms. The summed E-state index contributed by atoms with van der Waals surface area (Å²) < 4.78 is 18.9. The van der Waals surface area contributed by atoms with E-state index in [-0.39, 0.29) is 11.9 Å². The molecule has 2 fully saturated rings. The lowest BCUT2D eigenvalue weighted by Gasteiger charge is -2.23. The van der Waals surface area contributed by atoms with Crippen LogP contribution in [-0.4, -0.2) is 24.7 Å². The Labute approximate surface area is 125 Å². The van der Waals surface area contributed by atoms with Crippen LogP contribution in [-0.2, 0) is 4.74 Å². The molecule has 1 aromatic carbocycles. The molecule has 0 radical (unpaired) electrons. The molecule has 0 unspecified atom stereocenters. The van der Waals surface area contributed by atoms with E-state index in [0.29, 0.717) is 18.7 Å². The third-order valence-corrected chi connectivity index (χ3v) is 4.17. The highest BCUT2D eigenvalue weighted by Crippen LogP contribution is 2.27. The van der Waals surface area contributed by atoms with Gasteiger partial charge < -0.3 is 4.74 Å². The summed E-state index contributed by atoms with van der Waals surface area (Å²) in [5.74, 6) is -0.236. The van der Waals surface area contributed by atoms with E-state index in [0.717, 1.165) is 18.5 Å². The van der Waals surface area contributed by atoms with Crippen LogP contribution in [0.4, 0.5) is 10.1 Å². The van der Waals surface area contributed by atoms with Crippen molar-refractivity contribution in [2.24, 2.45) is 4.99 Å². The van der Waals surface area contributed by atoms with Gasteiger partial charge in [-0.3, -0.25) is 4.90 Å². The Hall–Kier alpha value is -1.84. The fourth-order valence-corrected chi connectivity index (χ4v) is 2.99. The topological polar surface area (TPSA) is 24.8 Å². The highest BCUT2D eigenvalue weighted by molar-refractivity contribution is 5.94. The molecule has 3 nitrogen and oxygen atoms in total. The number of amidine groups is 1. The maximum Gasteiger partial charge on any atom is 0.292 e. The maximum atomic E-state index is 13.1. The minimum atomic E-state index is -0.236. The molecular weight excluding hydrogens is 267 g/mol. The van der Waals surface area contributed by atoms with Gasteiger partial charge in [0.05, 0.1) is 12.1 Å². The van der Waals surface area contributed by atoms with E-state index in [1.807, 2.05) is 11.0 Å². The average molecular weight is 288 g/mol. The van der Waals surface area contributed by atoms with Crippen LogP contribution in [0.3, 0.4) is 0 Å². The third-order valence-electron chi connectivity index (χ3n) is 4.17. The summed E-state index contributed by atoms with van der Waals surface area (Å²) >= 11 is 0. The Bertz CT molecular complexity index is 520. The lowest BCUT2D eigenvalue weighted by molar-refractivity contribution is 0.331. The fourth-order valence-electron chi connectivity index (χ4n) is 2.99. The monoisotopic (exact) mass is 288 g/mol. The number of ether oxygens (including phenoxy) is 1. The molecule has 1 saturated heterocycles. The SMILES string of the molecule is C=C[C@H]1COC(=NC2CCCCC2)N1c1ccc(F)cc1. The van der Waals surface area contributed by atoms with Crippen LogP contribution in [0, 0.1) is 5.82 Å². The molecule has 0 bridgehead atoms. The number of anilines is 1. The van der Waals surface area contributed by atoms with Crippen LogP contribution in [0.15, 0.2) is 41.9 Å². The molecule has 1 aromatic rings. The number of halogens is 1. The molecule has 0 N–H and O–H groups in total. The largest absolute Gasteiger partial charge is 0.462 e. The van der Waals surface area contributed by atoms with E-state index < -0.39 is 0 Å². The number of benzene rings is 1. The Morgan fingerprint density at radius 3 is 2.57 bits per heavy atom. The third kappa shape index (κ3) is 3.09. The van der Waals surface area contributed by atoms with Gasteiger partial charge in [0.15, 0.2) is 0 Å². The number of hydrogen-bond donors (Lipinski definition) is 0. The fraction of sp³-hybridized carbons (Fsp3) is 0.471. The lowest BCUT2D eigenvalue weighted by atomic mass is 9.96. The molecule has 0 aromatic heterocycles. The van der Waals surface area contributed by atoms with Crippen LogP contribution in [0.1, 0.15) is 32.1 Å². The van der Waals surface area contributed by atoms with E-state index >= 15 is 0 Å². The van der Waals surface area contributed by atoms with Gasteiger partial charge in [-0.1, -0.05) is 25.3 Å². The zero-order valence-electron chi connectivity index (χ0n) is 12.2. The van der Waals surface area contributed by atoms with Crippen molar-refractivity contribution in [1.82, 2.24) is 0 Å². The van der Waals surface area contributed by atoms with Crippen molar-refractivity contribution in [3.8, 4) is 0 Å². The second kappa shape index (κ2) is 6.29. The van der Waals surface area contributed by atoms with Crippen molar-refractivity contribution in [3.63, 3.8) is 0 Å². The molecule has 1 atom stereocenters. The van der Waals surface area contributed by atoms with E-state index in [9.17, 15) is 4.39 Å². The predicted octanol–water partition coefficient (Wildman–Crippen LogP) is 3.91. The molecule has 21 heavy (non-hydrogen) atoms. The summed E-state index contributed by atoms with van der Waals surface area (Å²) in [4.78, 5) is 6.81. The second-order valence-electron chi connectivity index (χ2n) is 5.66. The molecular formula is C17H21FN2O. The molecule has 1 saturated carbocycles. The van der Waals surface area contributed by atoms with Gasteiger partial charge in [-0.15, -0.1) is 6.58 Å². The molecule has 2 aliphatic rings. The highest BCUT2D eigenvalue weighted by Gasteiger charge is 2.31. The quantitative estimate of drug-likeness (QED) is 0.788. The van der Waals surface area contributed by atoms with E-state index in [2.05, 4.69) is 6.58 Å². The standard InChI is InChI=1S/C17H21FN2O/c1-2-15-12-21-17(19-14-6-4-3-5-7-14)20(15)16-10-8-13(18)9-11-16/h2,8-11,14-15H,1,3-7,12H2/t15-/m0/s1. The maximum absolute atomic E-state index is 13.1. The van der Waals surface area contributed by atoms with Crippen LogP contribution in [0.5, 0.6) is 0 Å². The van der Waals surface area contributed by atoms with Gasteiger partial charge in [0.1, 0.15) is 12.4 Å². The smallest absolute Gasteiger partial charge is 0.292 e. The van der Waals surface area contributed by atoms with Crippen LogP contribution < -0.4 is 4.90 Å². The highest BCUT2D eigenvalue weighted by atomic mass is 19.1. The summed E-state index contributed by atoms with van der Waals surface area (Å²) in [5, 5.41) is 0. The van der Waals surface area contributed by atoms with Crippen molar-refractivity contribution in [3.05, 3.63) is 42.7 Å². The predicted molar refractivity (Wildman–Crippen MR) is 83.1 cm³/mol. The first kappa shape index (κ1) is 14.1. The number of rotatable bonds is 3. The minimum Gasteiger partial charge on any atom is -0.462 e. The molecule has 112 valence electrons. The lowest BCUT2D eigenvalue weighted by Crippen LogP contribution is -2.33. The summed E-state index contributed by atoms with van der Waals surface area (Å²) in [7, 11) is 0. The van der Waals surface area contributed by atoms with Crippen molar-refractivity contribution in [2.75, 3.05) is 11.5 Å². The van der Waals surface area contributed by atoms with Gasteiger partial charge in [0, 0.05) is 5.69 Å². The second-order valence-corrected chi connectivity index (χ2v) is 5.66. The number of hydrogen-bond acceptors (Lipinski definition) is 2. The zero-order chi connectivity index (χ0) is 14.7. The number of nitrogens with zero attached hydrogens (tertiary/aromatic N) is 2. The van der Waals surface area contributed by atoms with Crippen molar-refractivity contribution >= 4 is 11.7 Å². The first-order chi connectivity index (χ1) is 10.3. The Balaban J connectivity index is 1.86. The molecule has 4 heteroatoms. The zero-order valence-corrected chi connectivity index (χ0v) is 12.2. The van der Waals surface area contributed by atoms with Crippen molar-refractivity contribution in [2.45, 2.75) is 44.2 Å². The minimum absolute atomic E-state index is 0.0535. The van der Waals surface area contributed by atoms with Gasteiger partial charge in [0.25, 0.3) is 6.02 Å². The summed E-state index contributed by atoms with van der Waals surface area (Å²) in [5.41, 5.74) is 0.897. The first-order valence-electron chi connectivity index (χ1n) is 7.66. The Morgan fingerprint density at radius 2 is 1.90 bits per heavy atom. The molecule has 1 aliphatic carbocycles. The normalized spacial score (nSPS) is 25.1. The summed E-state index contributed by atoms with van der Waals surface area (Å²) in [6.45, 7) is 4.41. The van der Waals surface area contributed by atoms with E-state index in [4.69, 9.17) is 9.73 Å². The van der Waals surface area contributed by atoms with E-state index in [1.165, 1.54) is 31.4 Å². The molecule has 1 aliphatic heterocycles. The van der Waals surface area contributed by atoms with Gasteiger partial charge in [-0.05, 0) is 37.1 Å². The van der Waals surface area contributed by atoms with E-state index in [1.54, 1.807) is 12.1 Å². The van der Waals surface area contributed by atoms with Crippen LogP contribution in [0.2, 0.25) is 0 Å². The summed E-state index contributed by atoms with van der Waals surface area (Å²) in [6.07, 6.45) is 7.89.